The van der Waals surface area contributed by atoms with Gasteiger partial charge < -0.3 is 33.8 Å². The second-order valence-electron chi connectivity index (χ2n) is 32.8. The second kappa shape index (κ2) is 81.2. The number of carbonyl (C=O) groups excluding carboxylic acids is 4. The standard InChI is InChI=1S/C90H176O17P2/c1-7-11-13-15-17-19-21-22-23-24-25-26-27-28-32-35-38-42-49-55-61-67-73-88(93)101-79-85(106-89(94)74-68-62-56-50-43-39-36-33-30-29-31-34-37-41-46-52-58-64-70-82(5)9-3)80-104-108(96,97)102-76-84(91)77-103-109(98,99)105-81-86(78-100-87(92)72-66-60-54-48-40-20-18-16-14-12-8-2)107-90(95)75-69-63-57-51-45-44-47-53-59-65-71-83(6)10-4/h82-86,91H,7-81H2,1-6H3,(H,96,97)(H,98,99)/t82?,83?,84-,85-,86-/m1/s1. The number of aliphatic hydroxyl groups excluding tert-OH is 1. The first-order valence-corrected chi connectivity index (χ1v) is 49.6. The highest BCUT2D eigenvalue weighted by atomic mass is 31.2. The van der Waals surface area contributed by atoms with E-state index in [1.165, 1.54) is 302 Å². The first-order valence-electron chi connectivity index (χ1n) is 46.6. The third-order valence-electron chi connectivity index (χ3n) is 21.9. The van der Waals surface area contributed by atoms with Crippen LogP contribution in [0.4, 0.5) is 0 Å². The molecule has 0 aromatic carbocycles. The molecule has 109 heavy (non-hydrogen) atoms. The molecule has 0 bridgehead atoms. The van der Waals surface area contributed by atoms with E-state index in [-0.39, 0.29) is 25.7 Å². The minimum Gasteiger partial charge on any atom is -0.462 e. The SMILES string of the molecule is CCCCCCCCCCCCCCCCCCCCCCCCC(=O)OC[C@H](COP(=O)(O)OC[C@@H](O)COP(=O)(O)OC[C@@H](COC(=O)CCCCCCCCCCCCC)OC(=O)CCCCCCCCCCCCC(C)CC)OC(=O)CCCCCCCCCCCCCCCCCCCCC(C)CC. The average Bonchev–Trinajstić information content (AvgIpc) is 0.912. The monoisotopic (exact) mass is 1590 g/mol. The van der Waals surface area contributed by atoms with Gasteiger partial charge in [-0.15, -0.1) is 0 Å². The normalized spacial score (nSPS) is 14.2. The second-order valence-corrected chi connectivity index (χ2v) is 35.7. The zero-order chi connectivity index (χ0) is 79.9. The maximum atomic E-state index is 13.2. The minimum atomic E-state index is -4.97. The molecule has 0 amide bonds. The Hall–Kier alpha value is -1.94. The Bertz CT molecular complexity index is 2080. The number of carbonyl (C=O) groups is 4. The molecule has 0 saturated carbocycles. The molecule has 0 fully saturated rings. The molecule has 0 radical (unpaired) electrons. The smallest absolute Gasteiger partial charge is 0.462 e. The van der Waals surface area contributed by atoms with E-state index in [0.717, 1.165) is 102 Å². The maximum absolute atomic E-state index is 13.2. The molecule has 0 aromatic heterocycles. The number of unbranched alkanes of at least 4 members (excludes halogenated alkanes) is 57. The van der Waals surface area contributed by atoms with Crippen molar-refractivity contribution in [3.63, 3.8) is 0 Å². The molecule has 0 aromatic rings. The summed E-state index contributed by atoms with van der Waals surface area (Å²) in [6.45, 7) is 9.78. The van der Waals surface area contributed by atoms with Crippen LogP contribution in [-0.4, -0.2) is 96.7 Å². The highest BCUT2D eigenvalue weighted by Gasteiger charge is 2.31. The van der Waals surface area contributed by atoms with Crippen molar-refractivity contribution in [2.45, 2.75) is 503 Å². The Morgan fingerprint density at radius 3 is 0.651 bits per heavy atom. The topological polar surface area (TPSA) is 237 Å². The number of aliphatic hydroxyl groups is 1. The molecule has 0 aliphatic carbocycles. The first-order chi connectivity index (χ1) is 52.9. The van der Waals surface area contributed by atoms with Crippen LogP contribution in [0.1, 0.15) is 485 Å². The minimum absolute atomic E-state index is 0.107. The van der Waals surface area contributed by atoms with Gasteiger partial charge in [-0.2, -0.15) is 0 Å². The maximum Gasteiger partial charge on any atom is 0.472 e. The van der Waals surface area contributed by atoms with Crippen LogP contribution in [0.25, 0.3) is 0 Å². The fourth-order valence-corrected chi connectivity index (χ4v) is 15.6. The highest BCUT2D eigenvalue weighted by Crippen LogP contribution is 2.45. The highest BCUT2D eigenvalue weighted by molar-refractivity contribution is 7.47. The van der Waals surface area contributed by atoms with Gasteiger partial charge in [-0.25, -0.2) is 9.13 Å². The quantitative estimate of drug-likeness (QED) is 0.0222. The Morgan fingerprint density at radius 2 is 0.440 bits per heavy atom. The summed E-state index contributed by atoms with van der Waals surface area (Å²) in [7, 11) is -9.93. The number of phosphoric acid groups is 2. The Balaban J connectivity index is 5.22. The molecular formula is C90H176O17P2. The van der Waals surface area contributed by atoms with Crippen LogP contribution in [-0.2, 0) is 65.4 Å². The molecule has 0 saturated heterocycles. The molecular weight excluding hydrogens is 1410 g/mol. The van der Waals surface area contributed by atoms with Crippen molar-refractivity contribution in [1.29, 1.82) is 0 Å². The molecule has 19 heteroatoms. The Kier molecular flexibility index (Phi) is 79.8. The summed E-state index contributed by atoms with van der Waals surface area (Å²) in [5.41, 5.74) is 0. The van der Waals surface area contributed by atoms with E-state index in [0.29, 0.717) is 25.7 Å². The van der Waals surface area contributed by atoms with Gasteiger partial charge >= 0.3 is 39.5 Å². The summed E-state index contributed by atoms with van der Waals surface area (Å²) in [6.07, 6.45) is 75.0. The largest absolute Gasteiger partial charge is 0.472 e. The fraction of sp³-hybridized carbons (Fsp3) is 0.956. The van der Waals surface area contributed by atoms with Crippen molar-refractivity contribution in [1.82, 2.24) is 0 Å². The number of phosphoric ester groups is 2. The van der Waals surface area contributed by atoms with Crippen LogP contribution in [0, 0.1) is 11.8 Å². The Morgan fingerprint density at radius 1 is 0.257 bits per heavy atom. The van der Waals surface area contributed by atoms with Crippen molar-refractivity contribution in [2.75, 3.05) is 39.6 Å². The van der Waals surface area contributed by atoms with Gasteiger partial charge in [0.15, 0.2) is 12.2 Å². The van der Waals surface area contributed by atoms with Crippen molar-refractivity contribution >= 4 is 39.5 Å². The molecule has 0 spiro atoms. The third kappa shape index (κ3) is 81.0. The van der Waals surface area contributed by atoms with Gasteiger partial charge in [-0.05, 0) is 37.5 Å². The van der Waals surface area contributed by atoms with Crippen LogP contribution in [0.2, 0.25) is 0 Å². The number of hydrogen-bond donors (Lipinski definition) is 3. The van der Waals surface area contributed by atoms with Crippen molar-refractivity contribution in [3.8, 4) is 0 Å². The summed E-state index contributed by atoms with van der Waals surface area (Å²) in [6, 6.07) is 0. The number of hydrogen-bond acceptors (Lipinski definition) is 15. The van der Waals surface area contributed by atoms with E-state index in [2.05, 4.69) is 41.5 Å². The predicted molar refractivity (Wildman–Crippen MR) is 451 cm³/mol. The van der Waals surface area contributed by atoms with E-state index in [4.69, 9.17) is 37.0 Å². The summed E-state index contributed by atoms with van der Waals surface area (Å²) in [4.78, 5) is 73.3. The lowest BCUT2D eigenvalue weighted by Crippen LogP contribution is -2.30. The molecule has 17 nitrogen and oxygen atoms in total. The van der Waals surface area contributed by atoms with Gasteiger partial charge in [0, 0.05) is 25.7 Å². The lowest BCUT2D eigenvalue weighted by atomic mass is 9.99. The molecule has 4 unspecified atom stereocenters. The van der Waals surface area contributed by atoms with Gasteiger partial charge in [0.05, 0.1) is 26.4 Å². The van der Waals surface area contributed by atoms with E-state index in [1.54, 1.807) is 0 Å². The van der Waals surface area contributed by atoms with Crippen LogP contribution in [0.15, 0.2) is 0 Å². The molecule has 0 rings (SSSR count). The van der Waals surface area contributed by atoms with E-state index in [9.17, 15) is 43.2 Å². The van der Waals surface area contributed by atoms with E-state index in [1.807, 2.05) is 0 Å². The van der Waals surface area contributed by atoms with Gasteiger partial charge in [-0.3, -0.25) is 37.3 Å². The van der Waals surface area contributed by atoms with Crippen LogP contribution < -0.4 is 0 Å². The predicted octanol–water partition coefficient (Wildman–Crippen LogP) is 27.8. The van der Waals surface area contributed by atoms with Crippen molar-refractivity contribution in [3.05, 3.63) is 0 Å². The molecule has 0 aliphatic rings. The van der Waals surface area contributed by atoms with Gasteiger partial charge in [-0.1, -0.05) is 433 Å². The number of rotatable bonds is 89. The summed E-state index contributed by atoms with van der Waals surface area (Å²) >= 11 is 0. The number of esters is 4. The Labute approximate surface area is 670 Å². The molecule has 0 heterocycles. The lowest BCUT2D eigenvalue weighted by molar-refractivity contribution is -0.161. The number of ether oxygens (including phenoxy) is 4. The van der Waals surface area contributed by atoms with Crippen LogP contribution in [0.3, 0.4) is 0 Å². The third-order valence-corrected chi connectivity index (χ3v) is 23.8. The fourth-order valence-electron chi connectivity index (χ4n) is 14.1. The molecule has 648 valence electrons. The molecule has 3 N–H and O–H groups in total. The van der Waals surface area contributed by atoms with E-state index < -0.39 is 97.5 Å². The summed E-state index contributed by atoms with van der Waals surface area (Å²) < 4.78 is 69.0. The van der Waals surface area contributed by atoms with Crippen LogP contribution in [0.5, 0.6) is 0 Å². The average molecular weight is 1590 g/mol. The van der Waals surface area contributed by atoms with E-state index >= 15 is 0 Å². The zero-order valence-electron chi connectivity index (χ0n) is 71.9. The zero-order valence-corrected chi connectivity index (χ0v) is 73.7. The van der Waals surface area contributed by atoms with Crippen molar-refractivity contribution < 1.29 is 80.2 Å². The van der Waals surface area contributed by atoms with Crippen molar-refractivity contribution in [2.24, 2.45) is 11.8 Å². The van der Waals surface area contributed by atoms with Gasteiger partial charge in [0.25, 0.3) is 0 Å². The molecule has 0 aliphatic heterocycles. The van der Waals surface area contributed by atoms with Crippen LogP contribution >= 0.6 is 15.6 Å². The summed E-state index contributed by atoms with van der Waals surface area (Å²) in [5.74, 6) is -0.424. The summed E-state index contributed by atoms with van der Waals surface area (Å²) in [5, 5.41) is 10.7. The lowest BCUT2D eigenvalue weighted by Gasteiger charge is -2.21. The van der Waals surface area contributed by atoms with Gasteiger partial charge in [0.2, 0.25) is 0 Å². The van der Waals surface area contributed by atoms with Gasteiger partial charge in [0.1, 0.15) is 19.3 Å². The molecule has 7 atom stereocenters. The first kappa shape index (κ1) is 107.